The molecule has 0 fully saturated rings. The number of nitrogens with zero attached hydrogens (tertiary/aromatic N) is 5. The summed E-state index contributed by atoms with van der Waals surface area (Å²) in [5.41, 5.74) is 3.75. The summed E-state index contributed by atoms with van der Waals surface area (Å²) in [4.78, 5) is 9.13. The maximum absolute atomic E-state index is 5.41. The molecule has 3 heterocycles. The van der Waals surface area contributed by atoms with Crippen LogP contribution < -0.4 is 4.74 Å². The molecule has 0 spiro atoms. The van der Waals surface area contributed by atoms with E-state index in [1.807, 2.05) is 65.2 Å². The van der Waals surface area contributed by atoms with Crippen molar-refractivity contribution in [3.63, 3.8) is 0 Å². The van der Waals surface area contributed by atoms with Gasteiger partial charge in [-0.05, 0) is 35.9 Å². The Morgan fingerprint density at radius 3 is 2.79 bits per heavy atom. The van der Waals surface area contributed by atoms with E-state index in [1.165, 1.54) is 0 Å². The van der Waals surface area contributed by atoms with Crippen molar-refractivity contribution < 1.29 is 4.74 Å². The minimum atomic E-state index is 0.749. The number of rotatable bonds is 5. The molecular formula is C22H17N5OS. The number of benzene rings is 2. The van der Waals surface area contributed by atoms with Gasteiger partial charge in [0, 0.05) is 29.1 Å². The molecule has 3 aromatic heterocycles. The van der Waals surface area contributed by atoms with Crippen LogP contribution in [0.2, 0.25) is 0 Å². The molecule has 6 nitrogen and oxygen atoms in total. The van der Waals surface area contributed by atoms with Crippen LogP contribution in [0.1, 0.15) is 5.56 Å². The van der Waals surface area contributed by atoms with Gasteiger partial charge in [-0.25, -0.2) is 4.98 Å². The molecule has 0 radical (unpaired) electrons. The van der Waals surface area contributed by atoms with Gasteiger partial charge in [-0.3, -0.25) is 9.38 Å². The van der Waals surface area contributed by atoms with Crippen LogP contribution in [0, 0.1) is 0 Å². The standard InChI is InChI=1S/C22H17N5OS/c1-28-17-8-4-7-16(12-17)20-24-19-10-3-2-9-18(19)21-25-26-22(27(20)21)29-14-15-6-5-11-23-13-15/h2-13H,14H2,1H3. The maximum Gasteiger partial charge on any atom is 0.197 e. The molecular weight excluding hydrogens is 382 g/mol. The van der Waals surface area contributed by atoms with Gasteiger partial charge in [-0.2, -0.15) is 0 Å². The van der Waals surface area contributed by atoms with E-state index in [0.29, 0.717) is 0 Å². The predicted octanol–water partition coefficient (Wildman–Crippen LogP) is 4.64. The zero-order valence-electron chi connectivity index (χ0n) is 15.7. The van der Waals surface area contributed by atoms with Crippen LogP contribution in [-0.4, -0.2) is 31.7 Å². The van der Waals surface area contributed by atoms with Gasteiger partial charge in [0.05, 0.1) is 12.6 Å². The number of methoxy groups -OCH3 is 1. The largest absolute Gasteiger partial charge is 0.497 e. The SMILES string of the molecule is COc1cccc(-c2nc3ccccc3c3nnc(SCc4cccnc4)n23)c1. The van der Waals surface area contributed by atoms with E-state index in [-0.39, 0.29) is 0 Å². The lowest BCUT2D eigenvalue weighted by molar-refractivity contribution is 0.415. The summed E-state index contributed by atoms with van der Waals surface area (Å²) in [5.74, 6) is 2.32. The molecule has 142 valence electrons. The Balaban J connectivity index is 1.69. The molecule has 0 N–H and O–H groups in total. The highest BCUT2D eigenvalue weighted by atomic mass is 32.2. The van der Waals surface area contributed by atoms with E-state index in [0.717, 1.165) is 50.2 Å². The van der Waals surface area contributed by atoms with Gasteiger partial charge in [0.1, 0.15) is 11.6 Å². The fourth-order valence-electron chi connectivity index (χ4n) is 3.24. The van der Waals surface area contributed by atoms with Gasteiger partial charge in [-0.1, -0.05) is 42.1 Å². The van der Waals surface area contributed by atoms with E-state index in [1.54, 1.807) is 25.1 Å². The number of pyridine rings is 1. The quantitative estimate of drug-likeness (QED) is 0.401. The third kappa shape index (κ3) is 3.30. The minimum absolute atomic E-state index is 0.749. The van der Waals surface area contributed by atoms with Gasteiger partial charge >= 0.3 is 0 Å². The van der Waals surface area contributed by atoms with Crippen molar-refractivity contribution in [3.05, 3.63) is 78.6 Å². The number of aromatic nitrogens is 5. The van der Waals surface area contributed by atoms with Crippen molar-refractivity contribution in [2.45, 2.75) is 10.9 Å². The zero-order valence-corrected chi connectivity index (χ0v) is 16.5. The number of para-hydroxylation sites is 1. The molecule has 0 atom stereocenters. The van der Waals surface area contributed by atoms with E-state index in [4.69, 9.17) is 9.72 Å². The highest BCUT2D eigenvalue weighted by Gasteiger charge is 2.17. The van der Waals surface area contributed by atoms with Crippen LogP contribution in [-0.2, 0) is 5.75 Å². The average molecular weight is 399 g/mol. The zero-order chi connectivity index (χ0) is 19.6. The second-order valence-corrected chi connectivity index (χ2v) is 7.42. The number of hydrogen-bond acceptors (Lipinski definition) is 6. The Morgan fingerprint density at radius 2 is 1.93 bits per heavy atom. The van der Waals surface area contributed by atoms with Gasteiger partial charge in [-0.15, -0.1) is 10.2 Å². The fourth-order valence-corrected chi connectivity index (χ4v) is 4.11. The highest BCUT2D eigenvalue weighted by molar-refractivity contribution is 7.98. The van der Waals surface area contributed by atoms with E-state index in [2.05, 4.69) is 21.2 Å². The van der Waals surface area contributed by atoms with Crippen LogP contribution in [0.5, 0.6) is 5.75 Å². The van der Waals surface area contributed by atoms with Gasteiger partial charge in [0.25, 0.3) is 0 Å². The van der Waals surface area contributed by atoms with Crippen LogP contribution in [0.3, 0.4) is 0 Å². The number of thioether (sulfide) groups is 1. The Labute approximate surface area is 171 Å². The van der Waals surface area contributed by atoms with Crippen LogP contribution in [0.15, 0.2) is 78.2 Å². The van der Waals surface area contributed by atoms with Gasteiger partial charge < -0.3 is 4.74 Å². The first-order valence-electron chi connectivity index (χ1n) is 9.13. The second kappa shape index (κ2) is 7.52. The smallest absolute Gasteiger partial charge is 0.197 e. The lowest BCUT2D eigenvalue weighted by Crippen LogP contribution is -2.00. The number of fused-ring (bicyclic) bond motifs is 3. The van der Waals surface area contributed by atoms with Crippen molar-refractivity contribution >= 4 is 28.3 Å². The Bertz CT molecular complexity index is 1300. The second-order valence-electron chi connectivity index (χ2n) is 6.48. The van der Waals surface area contributed by atoms with Crippen molar-refractivity contribution in [2.24, 2.45) is 0 Å². The van der Waals surface area contributed by atoms with E-state index in [9.17, 15) is 0 Å². The summed E-state index contributed by atoms with van der Waals surface area (Å²) >= 11 is 1.62. The first-order valence-corrected chi connectivity index (χ1v) is 10.1. The van der Waals surface area contributed by atoms with Gasteiger partial charge in [0.15, 0.2) is 10.8 Å². The molecule has 7 heteroatoms. The molecule has 0 unspecified atom stereocenters. The summed E-state index contributed by atoms with van der Waals surface area (Å²) in [5, 5.41) is 10.7. The number of hydrogen-bond donors (Lipinski definition) is 0. The van der Waals surface area contributed by atoms with Crippen molar-refractivity contribution in [1.82, 2.24) is 24.6 Å². The van der Waals surface area contributed by atoms with Crippen molar-refractivity contribution in [3.8, 4) is 17.1 Å². The topological polar surface area (TPSA) is 65.2 Å². The van der Waals surface area contributed by atoms with Gasteiger partial charge in [0.2, 0.25) is 0 Å². The molecule has 5 rings (SSSR count). The Morgan fingerprint density at radius 1 is 1.00 bits per heavy atom. The minimum Gasteiger partial charge on any atom is -0.497 e. The lowest BCUT2D eigenvalue weighted by Gasteiger charge is -2.10. The fraction of sp³-hybridized carbons (Fsp3) is 0.0909. The summed E-state index contributed by atoms with van der Waals surface area (Å²) in [6, 6.07) is 19.9. The Kier molecular flexibility index (Phi) is 4.57. The summed E-state index contributed by atoms with van der Waals surface area (Å²) in [6.07, 6.45) is 3.64. The van der Waals surface area contributed by atoms with Crippen molar-refractivity contribution in [1.29, 1.82) is 0 Å². The first kappa shape index (κ1) is 17.6. The lowest BCUT2D eigenvalue weighted by atomic mass is 10.1. The summed E-state index contributed by atoms with van der Waals surface area (Å²) in [7, 11) is 1.66. The van der Waals surface area contributed by atoms with Crippen molar-refractivity contribution in [2.75, 3.05) is 7.11 Å². The molecule has 0 aliphatic rings. The highest BCUT2D eigenvalue weighted by Crippen LogP contribution is 2.31. The molecule has 0 saturated carbocycles. The molecule has 29 heavy (non-hydrogen) atoms. The van der Waals surface area contributed by atoms with E-state index >= 15 is 0 Å². The van der Waals surface area contributed by atoms with Crippen LogP contribution >= 0.6 is 11.8 Å². The molecule has 0 bridgehead atoms. The monoisotopic (exact) mass is 399 g/mol. The average Bonchev–Trinajstić information content (AvgIpc) is 3.22. The molecule has 5 aromatic rings. The normalized spacial score (nSPS) is 11.2. The molecule has 2 aromatic carbocycles. The van der Waals surface area contributed by atoms with Crippen LogP contribution in [0.4, 0.5) is 0 Å². The summed E-state index contributed by atoms with van der Waals surface area (Å²) in [6.45, 7) is 0. The predicted molar refractivity (Wildman–Crippen MR) is 114 cm³/mol. The first-order chi connectivity index (χ1) is 14.3. The third-order valence-corrected chi connectivity index (χ3v) is 5.64. The third-order valence-electron chi connectivity index (χ3n) is 4.64. The molecule has 0 amide bonds. The van der Waals surface area contributed by atoms with E-state index < -0.39 is 0 Å². The maximum atomic E-state index is 5.41. The molecule has 0 aliphatic heterocycles. The van der Waals surface area contributed by atoms with Crippen LogP contribution in [0.25, 0.3) is 27.9 Å². The Hall–Kier alpha value is -3.45. The molecule has 0 aliphatic carbocycles. The summed E-state index contributed by atoms with van der Waals surface area (Å²) < 4.78 is 7.44. The number of ether oxygens (including phenoxy) is 1. The molecule has 0 saturated heterocycles.